The van der Waals surface area contributed by atoms with Crippen LogP contribution in [0.3, 0.4) is 0 Å². The van der Waals surface area contributed by atoms with Crippen LogP contribution in [0.25, 0.3) is 22.7 Å². The standard InChI is InChI=1S/C24H30N2O8/c1-12-22(26-24(34-12)13-6-20(32-2)23(31)21(7-13)33-3)16-4-5-19(25)18(9-15(30)11-28)17(16)8-14(29)10-27/h4-7,14-15,27-31H,8-11,25H2,1-3H3. The van der Waals surface area contributed by atoms with Crippen molar-refractivity contribution in [1.29, 1.82) is 0 Å². The van der Waals surface area contributed by atoms with Gasteiger partial charge in [-0.15, -0.1) is 0 Å². The van der Waals surface area contributed by atoms with Crippen molar-refractivity contribution in [2.45, 2.75) is 32.0 Å². The van der Waals surface area contributed by atoms with Crippen LogP contribution in [0, 0.1) is 6.92 Å². The van der Waals surface area contributed by atoms with E-state index < -0.39 is 25.4 Å². The largest absolute Gasteiger partial charge is 0.502 e. The van der Waals surface area contributed by atoms with Crippen LogP contribution in [-0.2, 0) is 12.8 Å². The van der Waals surface area contributed by atoms with Gasteiger partial charge in [-0.3, -0.25) is 0 Å². The highest BCUT2D eigenvalue weighted by Crippen LogP contribution is 2.41. The molecule has 0 aliphatic carbocycles. The number of nitrogens with zero attached hydrogens (tertiary/aromatic N) is 1. The first-order valence-electron chi connectivity index (χ1n) is 10.6. The van der Waals surface area contributed by atoms with E-state index in [-0.39, 0.29) is 36.0 Å². The highest BCUT2D eigenvalue weighted by atomic mass is 16.5. The summed E-state index contributed by atoms with van der Waals surface area (Å²) in [5.41, 5.74) is 9.26. The maximum absolute atomic E-state index is 10.2. The number of methoxy groups -OCH3 is 2. The van der Waals surface area contributed by atoms with Gasteiger partial charge in [-0.2, -0.15) is 0 Å². The highest BCUT2D eigenvalue weighted by Gasteiger charge is 2.23. The number of phenolic OH excluding ortho intramolecular Hbond substituents is 1. The van der Waals surface area contributed by atoms with Gasteiger partial charge in [0.2, 0.25) is 11.6 Å². The van der Waals surface area contributed by atoms with Crippen LogP contribution in [0.15, 0.2) is 28.7 Å². The van der Waals surface area contributed by atoms with Gasteiger partial charge in [0.25, 0.3) is 0 Å². The molecule has 2 aromatic carbocycles. The molecule has 184 valence electrons. The highest BCUT2D eigenvalue weighted by molar-refractivity contribution is 5.74. The maximum atomic E-state index is 10.2. The fourth-order valence-corrected chi connectivity index (χ4v) is 3.79. The molecule has 1 heterocycles. The predicted molar refractivity (Wildman–Crippen MR) is 125 cm³/mol. The number of aliphatic hydroxyl groups is 4. The summed E-state index contributed by atoms with van der Waals surface area (Å²) in [6.07, 6.45) is -2.01. The number of aliphatic hydroxyl groups excluding tert-OH is 4. The third kappa shape index (κ3) is 5.10. The number of nitrogen functional groups attached to an aromatic ring is 1. The number of nitrogens with two attached hydrogens (primary N) is 1. The molecule has 0 saturated heterocycles. The first-order valence-corrected chi connectivity index (χ1v) is 10.6. The second-order valence-corrected chi connectivity index (χ2v) is 7.89. The zero-order valence-electron chi connectivity index (χ0n) is 19.3. The predicted octanol–water partition coefficient (Wildman–Crippen LogP) is 1.41. The van der Waals surface area contributed by atoms with Crippen molar-refractivity contribution < 1.29 is 39.4 Å². The number of aryl methyl sites for hydroxylation is 1. The number of rotatable bonds is 10. The molecule has 3 aromatic rings. The molecule has 1 aromatic heterocycles. The van der Waals surface area contributed by atoms with Crippen LogP contribution >= 0.6 is 0 Å². The fourth-order valence-electron chi connectivity index (χ4n) is 3.79. The Morgan fingerprint density at radius 3 is 2.06 bits per heavy atom. The van der Waals surface area contributed by atoms with Gasteiger partial charge in [0.1, 0.15) is 11.5 Å². The van der Waals surface area contributed by atoms with E-state index in [1.807, 2.05) is 0 Å². The first-order chi connectivity index (χ1) is 16.2. The van der Waals surface area contributed by atoms with Crippen molar-refractivity contribution >= 4 is 5.69 Å². The minimum Gasteiger partial charge on any atom is -0.502 e. The van der Waals surface area contributed by atoms with E-state index in [1.165, 1.54) is 14.2 Å². The molecule has 0 radical (unpaired) electrons. The second kappa shape index (κ2) is 10.7. The van der Waals surface area contributed by atoms with Crippen molar-refractivity contribution in [2.24, 2.45) is 0 Å². The van der Waals surface area contributed by atoms with Crippen LogP contribution in [0.2, 0.25) is 0 Å². The minimum atomic E-state index is -1.07. The summed E-state index contributed by atoms with van der Waals surface area (Å²) in [7, 11) is 2.83. The molecule has 0 fully saturated rings. The summed E-state index contributed by atoms with van der Waals surface area (Å²) in [4.78, 5) is 4.64. The number of aromatic nitrogens is 1. The van der Waals surface area contributed by atoms with Gasteiger partial charge >= 0.3 is 0 Å². The van der Waals surface area contributed by atoms with Gasteiger partial charge in [-0.05, 0) is 36.2 Å². The van der Waals surface area contributed by atoms with Gasteiger partial charge in [-0.25, -0.2) is 4.98 Å². The number of hydrogen-bond acceptors (Lipinski definition) is 10. The number of phenols is 1. The number of aromatic hydroxyl groups is 1. The van der Waals surface area contributed by atoms with Crippen molar-refractivity contribution in [2.75, 3.05) is 33.2 Å². The lowest BCUT2D eigenvalue weighted by molar-refractivity contribution is 0.0914. The number of anilines is 1. The lowest BCUT2D eigenvalue weighted by Gasteiger charge is -2.20. The molecule has 0 saturated carbocycles. The molecule has 0 aliphatic heterocycles. The van der Waals surface area contributed by atoms with Crippen molar-refractivity contribution in [3.8, 4) is 40.0 Å². The summed E-state index contributed by atoms with van der Waals surface area (Å²) in [5.74, 6) is 0.936. The lowest BCUT2D eigenvalue weighted by atomic mass is 9.90. The van der Waals surface area contributed by atoms with Crippen molar-refractivity contribution in [3.63, 3.8) is 0 Å². The Hall–Kier alpha value is -3.31. The van der Waals surface area contributed by atoms with Crippen LogP contribution < -0.4 is 15.2 Å². The summed E-state index contributed by atoms with van der Waals surface area (Å²) >= 11 is 0. The topological polar surface area (TPSA) is 172 Å². The SMILES string of the molecule is COc1cc(-c2nc(-c3ccc(N)c(CC(O)CO)c3CC(O)CO)c(C)o2)cc(OC)c1O. The quantitative estimate of drug-likeness (QED) is 0.236. The average molecular weight is 475 g/mol. The van der Waals surface area contributed by atoms with E-state index in [0.717, 1.165) is 0 Å². The second-order valence-electron chi connectivity index (χ2n) is 7.89. The van der Waals surface area contributed by atoms with Gasteiger partial charge < -0.3 is 45.2 Å². The smallest absolute Gasteiger partial charge is 0.227 e. The zero-order valence-corrected chi connectivity index (χ0v) is 19.3. The van der Waals surface area contributed by atoms with Gasteiger partial charge in [0.05, 0.1) is 39.6 Å². The van der Waals surface area contributed by atoms with E-state index >= 15 is 0 Å². The number of hydrogen-bond donors (Lipinski definition) is 6. The Morgan fingerprint density at radius 1 is 0.971 bits per heavy atom. The summed E-state index contributed by atoms with van der Waals surface area (Å²) in [6, 6.07) is 6.52. The lowest BCUT2D eigenvalue weighted by Crippen LogP contribution is -2.21. The Bertz CT molecular complexity index is 1120. The van der Waals surface area contributed by atoms with Gasteiger partial charge in [0.15, 0.2) is 11.5 Å². The molecule has 2 unspecified atom stereocenters. The van der Waals surface area contributed by atoms with Gasteiger partial charge in [-0.1, -0.05) is 6.07 Å². The molecule has 7 N–H and O–H groups in total. The maximum Gasteiger partial charge on any atom is 0.227 e. The Balaban J connectivity index is 2.17. The third-order valence-corrected chi connectivity index (χ3v) is 5.55. The molecular formula is C24H30N2O8. The van der Waals surface area contributed by atoms with E-state index in [0.29, 0.717) is 39.4 Å². The Kier molecular flexibility index (Phi) is 8.00. The van der Waals surface area contributed by atoms with Crippen molar-refractivity contribution in [1.82, 2.24) is 4.98 Å². The number of ether oxygens (including phenoxy) is 2. The number of benzene rings is 2. The molecule has 0 aliphatic rings. The van der Waals surface area contributed by atoms with Crippen molar-refractivity contribution in [3.05, 3.63) is 41.2 Å². The summed E-state index contributed by atoms with van der Waals surface area (Å²) in [6.45, 7) is 0.807. The number of oxazole rings is 1. The van der Waals surface area contributed by atoms with Gasteiger partial charge in [0, 0.05) is 29.7 Å². The van der Waals surface area contributed by atoms with Crippen LogP contribution in [-0.4, -0.2) is 70.2 Å². The Labute approximate surface area is 196 Å². The molecule has 0 bridgehead atoms. The zero-order chi connectivity index (χ0) is 25.0. The molecule has 3 rings (SSSR count). The normalized spacial score (nSPS) is 13.0. The van der Waals surface area contributed by atoms with Crippen LogP contribution in [0.5, 0.6) is 17.2 Å². The molecule has 10 heteroatoms. The van der Waals surface area contributed by atoms with E-state index in [1.54, 1.807) is 31.2 Å². The third-order valence-electron chi connectivity index (χ3n) is 5.55. The fraction of sp³-hybridized carbons (Fsp3) is 0.375. The molecule has 0 spiro atoms. The first kappa shape index (κ1) is 25.3. The molecule has 34 heavy (non-hydrogen) atoms. The molecular weight excluding hydrogens is 444 g/mol. The molecule has 0 amide bonds. The summed E-state index contributed by atoms with van der Waals surface area (Å²) in [5, 5.41) is 49.2. The summed E-state index contributed by atoms with van der Waals surface area (Å²) < 4.78 is 16.3. The van der Waals surface area contributed by atoms with E-state index in [4.69, 9.17) is 19.6 Å². The van der Waals surface area contributed by atoms with E-state index in [2.05, 4.69) is 4.98 Å². The average Bonchev–Trinajstić information content (AvgIpc) is 3.22. The van der Waals surface area contributed by atoms with Crippen LogP contribution in [0.4, 0.5) is 5.69 Å². The van der Waals surface area contributed by atoms with Crippen LogP contribution in [0.1, 0.15) is 16.9 Å². The molecule has 10 nitrogen and oxygen atoms in total. The monoisotopic (exact) mass is 474 g/mol. The minimum absolute atomic E-state index is 0.0485. The Morgan fingerprint density at radius 2 is 1.53 bits per heavy atom. The van der Waals surface area contributed by atoms with E-state index in [9.17, 15) is 25.5 Å². The molecule has 2 atom stereocenters.